The number of ketones is 1. The van der Waals surface area contributed by atoms with Crippen molar-refractivity contribution in [2.45, 2.75) is 6.42 Å². The molecule has 20 heavy (non-hydrogen) atoms. The van der Waals surface area contributed by atoms with Crippen LogP contribution in [0.3, 0.4) is 0 Å². The Morgan fingerprint density at radius 3 is 2.80 bits per heavy atom. The number of fused-ring (bicyclic) bond motifs is 1. The first-order valence-corrected chi connectivity index (χ1v) is 7.17. The number of anilines is 1. The van der Waals surface area contributed by atoms with Gasteiger partial charge in [0, 0.05) is 24.7 Å². The van der Waals surface area contributed by atoms with Gasteiger partial charge in [-0.3, -0.25) is 19.4 Å². The molecular weight excluding hydrogens is 324 g/mol. The van der Waals surface area contributed by atoms with Crippen molar-refractivity contribution < 1.29 is 14.3 Å². The van der Waals surface area contributed by atoms with Gasteiger partial charge >= 0.3 is 5.91 Å². The Bertz CT molecular complexity index is 533. The van der Waals surface area contributed by atoms with E-state index in [1.807, 2.05) is 18.0 Å². The topological polar surface area (TPSA) is 49.9 Å². The molecule has 0 spiro atoms. The van der Waals surface area contributed by atoms with Crippen LogP contribution in [0.4, 0.5) is 5.69 Å². The zero-order chi connectivity index (χ0) is 14.7. The molecule has 6 heteroatoms. The number of hydrogen-bond donors (Lipinski definition) is 0. The van der Waals surface area contributed by atoms with Crippen LogP contribution in [-0.4, -0.2) is 50.6 Å². The van der Waals surface area contributed by atoms with Crippen molar-refractivity contribution in [3.8, 4) is 0 Å². The summed E-state index contributed by atoms with van der Waals surface area (Å²) in [4.78, 5) is 27.5. The predicted octanol–water partition coefficient (Wildman–Crippen LogP) is 1.90. The number of methoxy groups -OCH3 is 1. The van der Waals surface area contributed by atoms with Gasteiger partial charge in [0.2, 0.25) is 0 Å². The minimum atomic E-state index is -0.461. The van der Waals surface area contributed by atoms with Crippen LogP contribution in [-0.2, 0) is 9.53 Å². The molecule has 5 nitrogen and oxygen atoms in total. The molecule has 0 bridgehead atoms. The van der Waals surface area contributed by atoms with E-state index in [4.69, 9.17) is 4.74 Å². The summed E-state index contributed by atoms with van der Waals surface area (Å²) in [5, 5.41) is 0. The van der Waals surface area contributed by atoms with Gasteiger partial charge in [0.05, 0.1) is 17.9 Å². The molecule has 108 valence electrons. The molecule has 0 saturated carbocycles. The van der Waals surface area contributed by atoms with Crippen molar-refractivity contribution >= 4 is 33.3 Å². The Balaban J connectivity index is 2.10. The fourth-order valence-corrected chi connectivity index (χ4v) is 2.57. The number of hydrogen-bond acceptors (Lipinski definition) is 4. The van der Waals surface area contributed by atoms with Crippen LogP contribution < -0.4 is 4.90 Å². The molecule has 0 radical (unpaired) electrons. The van der Waals surface area contributed by atoms with Gasteiger partial charge < -0.3 is 4.74 Å². The number of carbonyl (C=O) groups excluding carboxylic acids is 2. The van der Waals surface area contributed by atoms with Crippen LogP contribution in [0.1, 0.15) is 16.8 Å². The summed E-state index contributed by atoms with van der Waals surface area (Å²) in [6.45, 7) is 1.89. The lowest BCUT2D eigenvalue weighted by atomic mass is 10.1. The first-order chi connectivity index (χ1) is 9.54. The van der Waals surface area contributed by atoms with Crippen molar-refractivity contribution in [1.29, 1.82) is 0 Å². The standard InChI is InChI=1S/C14H17BrN2O3/c1-16(6-3-7-20-2)9-17-12-5-4-10(15)8-11(12)13(18)14(17)19/h4-5,8H,3,6-7,9H2,1-2H3. The maximum Gasteiger partial charge on any atom is 0.300 e. The molecule has 1 heterocycles. The van der Waals surface area contributed by atoms with Crippen molar-refractivity contribution in [1.82, 2.24) is 4.90 Å². The lowest BCUT2D eigenvalue weighted by Gasteiger charge is -2.24. The number of Topliss-reactive ketones (excluding diaryl/α,β-unsaturated/α-hetero) is 1. The number of nitrogens with zero attached hydrogens (tertiary/aromatic N) is 2. The van der Waals surface area contributed by atoms with Gasteiger partial charge in [0.15, 0.2) is 0 Å². The van der Waals surface area contributed by atoms with Crippen LogP contribution in [0, 0.1) is 0 Å². The highest BCUT2D eigenvalue weighted by molar-refractivity contribution is 9.10. The monoisotopic (exact) mass is 340 g/mol. The average molecular weight is 341 g/mol. The molecule has 2 rings (SSSR count). The fraction of sp³-hybridized carbons (Fsp3) is 0.429. The van der Waals surface area contributed by atoms with Crippen LogP contribution in [0.15, 0.2) is 22.7 Å². The van der Waals surface area contributed by atoms with E-state index < -0.39 is 11.7 Å². The van der Waals surface area contributed by atoms with E-state index in [1.165, 1.54) is 4.90 Å². The zero-order valence-corrected chi connectivity index (χ0v) is 13.1. The Kier molecular flexibility index (Phi) is 4.91. The highest BCUT2D eigenvalue weighted by Crippen LogP contribution is 2.31. The summed E-state index contributed by atoms with van der Waals surface area (Å²) < 4.78 is 5.80. The van der Waals surface area contributed by atoms with Crippen LogP contribution >= 0.6 is 15.9 Å². The molecule has 0 aliphatic carbocycles. The molecule has 1 aliphatic heterocycles. The average Bonchev–Trinajstić information content (AvgIpc) is 2.64. The summed E-state index contributed by atoms with van der Waals surface area (Å²) >= 11 is 3.32. The van der Waals surface area contributed by atoms with Crippen LogP contribution in [0.2, 0.25) is 0 Å². The second-order valence-corrected chi connectivity index (χ2v) is 5.71. The van der Waals surface area contributed by atoms with E-state index >= 15 is 0 Å². The lowest BCUT2D eigenvalue weighted by Crippen LogP contribution is -2.39. The number of halogens is 1. The molecule has 0 saturated heterocycles. The molecule has 0 atom stereocenters. The summed E-state index contributed by atoms with van der Waals surface area (Å²) in [7, 11) is 3.58. The fourth-order valence-electron chi connectivity index (χ4n) is 2.20. The molecule has 1 aromatic carbocycles. The SMILES string of the molecule is COCCCN(C)CN1C(=O)C(=O)c2cc(Br)ccc21. The first kappa shape index (κ1) is 15.2. The molecule has 0 unspecified atom stereocenters. The van der Waals surface area contributed by atoms with Gasteiger partial charge in [-0.05, 0) is 31.7 Å². The maximum absolute atomic E-state index is 12.0. The molecule has 0 aromatic heterocycles. The summed E-state index contributed by atoms with van der Waals surface area (Å²) in [6.07, 6.45) is 0.885. The van der Waals surface area contributed by atoms with Gasteiger partial charge in [-0.2, -0.15) is 0 Å². The number of ether oxygens (including phenoxy) is 1. The third kappa shape index (κ3) is 3.08. The van der Waals surface area contributed by atoms with Gasteiger partial charge in [-0.15, -0.1) is 0 Å². The minimum absolute atomic E-state index is 0.406. The highest BCUT2D eigenvalue weighted by Gasteiger charge is 2.36. The predicted molar refractivity (Wildman–Crippen MR) is 79.9 cm³/mol. The smallest absolute Gasteiger partial charge is 0.300 e. The minimum Gasteiger partial charge on any atom is -0.385 e. The second kappa shape index (κ2) is 6.47. The van der Waals surface area contributed by atoms with Gasteiger partial charge in [-0.25, -0.2) is 0 Å². The maximum atomic E-state index is 12.0. The lowest BCUT2D eigenvalue weighted by molar-refractivity contribution is -0.114. The van der Waals surface area contributed by atoms with Crippen LogP contribution in [0.5, 0.6) is 0 Å². The van der Waals surface area contributed by atoms with Crippen molar-refractivity contribution in [2.75, 3.05) is 38.9 Å². The number of amides is 1. The Labute approximate surface area is 126 Å². The Morgan fingerprint density at radius 2 is 2.10 bits per heavy atom. The summed E-state index contributed by atoms with van der Waals surface area (Å²) in [5.41, 5.74) is 1.15. The number of benzene rings is 1. The molecule has 0 N–H and O–H groups in total. The molecule has 0 fully saturated rings. The molecule has 1 aliphatic rings. The summed E-state index contributed by atoms with van der Waals surface area (Å²) in [5.74, 6) is -0.900. The van der Waals surface area contributed by atoms with E-state index in [1.54, 1.807) is 19.2 Å². The van der Waals surface area contributed by atoms with E-state index in [2.05, 4.69) is 15.9 Å². The largest absolute Gasteiger partial charge is 0.385 e. The van der Waals surface area contributed by atoms with E-state index in [-0.39, 0.29) is 0 Å². The first-order valence-electron chi connectivity index (χ1n) is 6.38. The van der Waals surface area contributed by atoms with E-state index in [0.29, 0.717) is 24.5 Å². The zero-order valence-electron chi connectivity index (χ0n) is 11.6. The quantitative estimate of drug-likeness (QED) is 0.586. The molecular formula is C14H17BrN2O3. The molecule has 1 aromatic rings. The van der Waals surface area contributed by atoms with Crippen molar-refractivity contribution in [3.05, 3.63) is 28.2 Å². The normalized spacial score (nSPS) is 14.3. The number of carbonyl (C=O) groups is 2. The van der Waals surface area contributed by atoms with E-state index in [9.17, 15) is 9.59 Å². The molecule has 1 amide bonds. The van der Waals surface area contributed by atoms with Gasteiger partial charge in [-0.1, -0.05) is 15.9 Å². The highest BCUT2D eigenvalue weighted by atomic mass is 79.9. The van der Waals surface area contributed by atoms with Crippen LogP contribution in [0.25, 0.3) is 0 Å². The third-order valence-electron chi connectivity index (χ3n) is 3.20. The van der Waals surface area contributed by atoms with Gasteiger partial charge in [0.25, 0.3) is 5.78 Å². The number of rotatable bonds is 6. The second-order valence-electron chi connectivity index (χ2n) is 4.79. The Morgan fingerprint density at radius 1 is 1.35 bits per heavy atom. The third-order valence-corrected chi connectivity index (χ3v) is 3.70. The van der Waals surface area contributed by atoms with Gasteiger partial charge in [0.1, 0.15) is 0 Å². The van der Waals surface area contributed by atoms with Crippen molar-refractivity contribution in [2.24, 2.45) is 0 Å². The Hall–Kier alpha value is -1.24. The summed E-state index contributed by atoms with van der Waals surface area (Å²) in [6, 6.07) is 5.33. The van der Waals surface area contributed by atoms with Crippen molar-refractivity contribution in [3.63, 3.8) is 0 Å². The van der Waals surface area contributed by atoms with E-state index in [0.717, 1.165) is 17.4 Å².